The Labute approximate surface area is 138 Å². The van der Waals surface area contributed by atoms with Crippen molar-refractivity contribution in [2.45, 2.75) is 25.2 Å². The van der Waals surface area contributed by atoms with Crippen LogP contribution in [0.1, 0.15) is 36.0 Å². The average molecular weight is 348 g/mol. The van der Waals surface area contributed by atoms with Gasteiger partial charge in [0, 0.05) is 11.6 Å². The highest BCUT2D eigenvalue weighted by molar-refractivity contribution is 7.15. The second-order valence-corrected chi connectivity index (χ2v) is 6.59. The van der Waals surface area contributed by atoms with Gasteiger partial charge >= 0.3 is 0 Å². The van der Waals surface area contributed by atoms with E-state index in [4.69, 9.17) is 16.1 Å². The fraction of sp³-hybridized carbons (Fsp3) is 0.308. The van der Waals surface area contributed by atoms with E-state index in [1.807, 2.05) is 16.0 Å². The SMILES string of the molecule is Clc1nc2sccn2c1-c1noc(C2CCCc3n[nH]nc32)n1. The highest BCUT2D eigenvalue weighted by Gasteiger charge is 2.31. The molecule has 0 spiro atoms. The number of thiazole rings is 1. The first-order chi connectivity index (χ1) is 11.3. The summed E-state index contributed by atoms with van der Waals surface area (Å²) in [6, 6.07) is 0. The first kappa shape index (κ1) is 13.2. The van der Waals surface area contributed by atoms with Crippen LogP contribution in [0.25, 0.3) is 16.5 Å². The Balaban J connectivity index is 1.59. The number of nitrogens with one attached hydrogen (secondary N) is 1. The molecule has 1 aliphatic rings. The fourth-order valence-corrected chi connectivity index (χ4v) is 4.03. The molecule has 23 heavy (non-hydrogen) atoms. The van der Waals surface area contributed by atoms with Crippen molar-refractivity contribution in [3.63, 3.8) is 0 Å². The Morgan fingerprint density at radius 2 is 2.30 bits per heavy atom. The van der Waals surface area contributed by atoms with E-state index in [1.165, 1.54) is 11.3 Å². The molecule has 4 aromatic rings. The molecule has 0 bridgehead atoms. The Kier molecular flexibility index (Phi) is 2.79. The summed E-state index contributed by atoms with van der Waals surface area (Å²) in [5.41, 5.74) is 2.52. The molecule has 0 saturated heterocycles. The molecule has 0 aliphatic heterocycles. The van der Waals surface area contributed by atoms with Crippen molar-refractivity contribution in [2.75, 3.05) is 0 Å². The Morgan fingerprint density at radius 1 is 1.35 bits per heavy atom. The quantitative estimate of drug-likeness (QED) is 0.598. The number of hydrogen-bond donors (Lipinski definition) is 1. The Morgan fingerprint density at radius 3 is 3.26 bits per heavy atom. The average Bonchev–Trinajstić information content (AvgIpc) is 3.29. The van der Waals surface area contributed by atoms with E-state index in [0.29, 0.717) is 22.6 Å². The van der Waals surface area contributed by atoms with Gasteiger partial charge in [0.25, 0.3) is 0 Å². The lowest BCUT2D eigenvalue weighted by atomic mass is 9.90. The molecule has 8 nitrogen and oxygen atoms in total. The Hall–Kier alpha value is -2.26. The van der Waals surface area contributed by atoms with Crippen molar-refractivity contribution in [1.82, 2.24) is 34.9 Å². The molecule has 1 N–H and O–H groups in total. The zero-order valence-corrected chi connectivity index (χ0v) is 13.3. The third-order valence-electron chi connectivity index (χ3n) is 4.06. The van der Waals surface area contributed by atoms with Gasteiger partial charge in [0.2, 0.25) is 11.7 Å². The van der Waals surface area contributed by atoms with Gasteiger partial charge in [0.1, 0.15) is 5.69 Å². The van der Waals surface area contributed by atoms with Gasteiger partial charge in [-0.1, -0.05) is 16.8 Å². The molecule has 4 heterocycles. The van der Waals surface area contributed by atoms with Crippen LogP contribution >= 0.6 is 22.9 Å². The standard InChI is InChI=1S/C13H10ClN7OS/c14-10-9(21-4-5-23-13(21)15-10)11-16-12(22-19-11)6-2-1-3-7-8(6)18-20-17-7/h4-6H,1-3H2,(H,17,18,20). The Bertz CT molecular complexity index is 999. The van der Waals surface area contributed by atoms with E-state index in [1.54, 1.807) is 0 Å². The molecular formula is C13H10ClN7OS. The maximum Gasteiger partial charge on any atom is 0.236 e. The zero-order valence-electron chi connectivity index (χ0n) is 11.7. The van der Waals surface area contributed by atoms with E-state index >= 15 is 0 Å². The van der Waals surface area contributed by atoms with Crippen LogP contribution in [0.15, 0.2) is 16.1 Å². The summed E-state index contributed by atoms with van der Waals surface area (Å²) in [6.45, 7) is 0. The minimum absolute atomic E-state index is 0.0246. The second kappa shape index (κ2) is 4.87. The van der Waals surface area contributed by atoms with Crippen molar-refractivity contribution in [1.29, 1.82) is 0 Å². The van der Waals surface area contributed by atoms with Gasteiger partial charge in [-0.2, -0.15) is 20.4 Å². The van der Waals surface area contributed by atoms with Gasteiger partial charge in [-0.25, -0.2) is 4.98 Å². The van der Waals surface area contributed by atoms with Gasteiger partial charge in [-0.15, -0.1) is 11.3 Å². The molecule has 10 heteroatoms. The van der Waals surface area contributed by atoms with E-state index in [0.717, 1.165) is 35.6 Å². The first-order valence-corrected chi connectivity index (χ1v) is 8.41. The number of H-pyrrole nitrogens is 1. The van der Waals surface area contributed by atoms with Gasteiger partial charge in [0.05, 0.1) is 17.3 Å². The summed E-state index contributed by atoms with van der Waals surface area (Å²) in [7, 11) is 0. The van der Waals surface area contributed by atoms with Crippen molar-refractivity contribution in [3.05, 3.63) is 34.0 Å². The monoisotopic (exact) mass is 347 g/mol. The molecule has 4 aromatic heterocycles. The van der Waals surface area contributed by atoms with Crippen molar-refractivity contribution in [3.8, 4) is 11.5 Å². The second-order valence-electron chi connectivity index (χ2n) is 5.36. The predicted molar refractivity (Wildman–Crippen MR) is 82.5 cm³/mol. The third-order valence-corrected chi connectivity index (χ3v) is 5.08. The minimum Gasteiger partial charge on any atom is -0.338 e. The number of aromatic nitrogens is 7. The van der Waals surface area contributed by atoms with Crippen LogP contribution in [-0.4, -0.2) is 34.9 Å². The summed E-state index contributed by atoms with van der Waals surface area (Å²) in [6.07, 6.45) is 4.74. The van der Waals surface area contributed by atoms with Crippen molar-refractivity contribution in [2.24, 2.45) is 0 Å². The van der Waals surface area contributed by atoms with Crippen LogP contribution in [0.5, 0.6) is 0 Å². The zero-order chi connectivity index (χ0) is 15.4. The minimum atomic E-state index is -0.0246. The molecule has 0 amide bonds. The van der Waals surface area contributed by atoms with E-state index in [9.17, 15) is 0 Å². The van der Waals surface area contributed by atoms with Crippen LogP contribution in [-0.2, 0) is 6.42 Å². The molecule has 1 atom stereocenters. The number of aromatic amines is 1. The van der Waals surface area contributed by atoms with Crippen LogP contribution in [0.3, 0.4) is 0 Å². The number of fused-ring (bicyclic) bond motifs is 2. The van der Waals surface area contributed by atoms with Crippen LogP contribution in [0.2, 0.25) is 5.15 Å². The molecule has 5 rings (SSSR count). The predicted octanol–water partition coefficient (Wildman–Crippen LogP) is 2.69. The van der Waals surface area contributed by atoms with Crippen molar-refractivity contribution >= 4 is 27.9 Å². The van der Waals surface area contributed by atoms with Gasteiger partial charge < -0.3 is 4.52 Å². The smallest absolute Gasteiger partial charge is 0.236 e. The lowest BCUT2D eigenvalue weighted by molar-refractivity contribution is 0.352. The maximum absolute atomic E-state index is 6.23. The molecule has 1 aliphatic carbocycles. The van der Waals surface area contributed by atoms with Crippen LogP contribution < -0.4 is 0 Å². The largest absolute Gasteiger partial charge is 0.338 e. The number of halogens is 1. The molecule has 0 fully saturated rings. The normalized spacial score (nSPS) is 17.7. The summed E-state index contributed by atoms with van der Waals surface area (Å²) < 4.78 is 7.36. The van der Waals surface area contributed by atoms with Gasteiger partial charge in [-0.05, 0) is 19.3 Å². The molecule has 116 valence electrons. The summed E-state index contributed by atoms with van der Waals surface area (Å²) in [5, 5.41) is 17.5. The first-order valence-electron chi connectivity index (χ1n) is 7.16. The topological polar surface area (TPSA) is 97.8 Å². The number of nitrogens with zero attached hydrogens (tertiary/aromatic N) is 6. The van der Waals surface area contributed by atoms with Crippen LogP contribution in [0.4, 0.5) is 0 Å². The lowest BCUT2D eigenvalue weighted by Crippen LogP contribution is -2.11. The summed E-state index contributed by atoms with van der Waals surface area (Å²) >= 11 is 7.73. The number of rotatable bonds is 2. The number of aryl methyl sites for hydroxylation is 1. The third kappa shape index (κ3) is 1.93. The van der Waals surface area contributed by atoms with E-state index in [2.05, 4.69) is 30.5 Å². The van der Waals surface area contributed by atoms with Crippen molar-refractivity contribution < 1.29 is 4.52 Å². The van der Waals surface area contributed by atoms with Gasteiger partial charge in [-0.3, -0.25) is 4.40 Å². The fourth-order valence-electron chi connectivity index (χ4n) is 3.01. The number of imidazole rings is 1. The summed E-state index contributed by atoms with van der Waals surface area (Å²) in [5.74, 6) is 0.950. The molecule has 1 unspecified atom stereocenters. The molecule has 0 radical (unpaired) electrons. The maximum atomic E-state index is 6.23. The number of hydrogen-bond acceptors (Lipinski definition) is 7. The van der Waals surface area contributed by atoms with Gasteiger partial charge in [0.15, 0.2) is 10.1 Å². The van der Waals surface area contributed by atoms with Crippen LogP contribution in [0, 0.1) is 0 Å². The van der Waals surface area contributed by atoms with E-state index in [-0.39, 0.29) is 5.92 Å². The van der Waals surface area contributed by atoms with E-state index < -0.39 is 0 Å². The molecular weight excluding hydrogens is 338 g/mol. The highest BCUT2D eigenvalue weighted by Crippen LogP contribution is 2.35. The molecule has 0 aromatic carbocycles. The lowest BCUT2D eigenvalue weighted by Gasteiger charge is -2.15. The molecule has 0 saturated carbocycles. The highest BCUT2D eigenvalue weighted by atomic mass is 35.5. The summed E-state index contributed by atoms with van der Waals surface area (Å²) in [4.78, 5) is 9.64.